The Kier molecular flexibility index (Phi) is 6.46. The number of rotatable bonds is 5. The van der Waals surface area contributed by atoms with E-state index in [1.54, 1.807) is 20.3 Å². The van der Waals surface area contributed by atoms with Crippen LogP contribution in [0, 0.1) is 11.8 Å². The lowest BCUT2D eigenvalue weighted by molar-refractivity contribution is 0.354. The molecule has 1 aromatic carbocycles. The zero-order chi connectivity index (χ0) is 13.4. The lowest BCUT2D eigenvalue weighted by atomic mass is 10.1. The zero-order valence-corrected chi connectivity index (χ0v) is 11.9. The average Bonchev–Trinajstić information content (AvgIpc) is 2.39. The Morgan fingerprint density at radius 2 is 1.67 bits per heavy atom. The van der Waals surface area contributed by atoms with E-state index in [1.165, 1.54) is 0 Å². The van der Waals surface area contributed by atoms with Crippen LogP contribution in [0.3, 0.4) is 0 Å². The molecule has 0 aliphatic heterocycles. The number of ether oxygens (including phenoxy) is 2. The van der Waals surface area contributed by atoms with Crippen molar-refractivity contribution in [2.24, 2.45) is 0 Å². The molecular weight excluding hydrogens is 248 g/mol. The zero-order valence-electron chi connectivity index (χ0n) is 11.2. The van der Waals surface area contributed by atoms with E-state index in [9.17, 15) is 0 Å². The van der Waals surface area contributed by atoms with Crippen LogP contribution in [0.1, 0.15) is 31.7 Å². The van der Waals surface area contributed by atoms with Gasteiger partial charge in [0.15, 0.2) is 11.5 Å². The Hall–Kier alpha value is -1.33. The molecule has 0 bridgehead atoms. The number of hydrogen-bond acceptors (Lipinski definition) is 2. The number of unbranched alkanes of at least 4 members (excludes halogenated alkanes) is 1. The van der Waals surface area contributed by atoms with E-state index in [0.717, 1.165) is 31.2 Å². The number of methoxy groups -OCH3 is 2. The third-order valence-corrected chi connectivity index (χ3v) is 2.92. The molecule has 18 heavy (non-hydrogen) atoms. The fourth-order valence-corrected chi connectivity index (χ4v) is 1.83. The first-order chi connectivity index (χ1) is 8.72. The molecule has 0 unspecified atom stereocenters. The molecule has 0 aliphatic rings. The van der Waals surface area contributed by atoms with Crippen molar-refractivity contribution in [2.45, 2.75) is 32.6 Å². The van der Waals surface area contributed by atoms with Gasteiger partial charge in [0.1, 0.15) is 0 Å². The molecule has 0 heterocycles. The molecule has 0 radical (unpaired) electrons. The van der Waals surface area contributed by atoms with Crippen LogP contribution in [0.4, 0.5) is 0 Å². The molecule has 98 valence electrons. The second-order valence-corrected chi connectivity index (χ2v) is 4.31. The summed E-state index contributed by atoms with van der Waals surface area (Å²) in [4.78, 5) is 0. The Bertz CT molecular complexity index is 444. The highest BCUT2D eigenvalue weighted by atomic mass is 35.5. The quantitative estimate of drug-likeness (QED) is 0.747. The van der Waals surface area contributed by atoms with Crippen LogP contribution in [0.15, 0.2) is 12.1 Å². The Morgan fingerprint density at radius 3 is 2.28 bits per heavy atom. The van der Waals surface area contributed by atoms with Crippen LogP contribution >= 0.6 is 11.6 Å². The summed E-state index contributed by atoms with van der Waals surface area (Å²) in [6, 6.07) is 3.71. The van der Waals surface area contributed by atoms with Crippen molar-refractivity contribution in [2.75, 3.05) is 14.2 Å². The first-order valence-electron chi connectivity index (χ1n) is 6.09. The largest absolute Gasteiger partial charge is 0.493 e. The van der Waals surface area contributed by atoms with Gasteiger partial charge in [0.05, 0.1) is 14.2 Å². The second-order valence-electron chi connectivity index (χ2n) is 3.90. The standard InChI is InChI=1S/C15H19ClO2/c1-4-5-6-7-8-9-12-10-14(17-2)15(18-3)11-13(12)16/h10-11H,4-5,8-9H2,1-3H3. The van der Waals surface area contributed by atoms with Crippen molar-refractivity contribution >= 4 is 11.6 Å². The van der Waals surface area contributed by atoms with Crippen LogP contribution in [0.25, 0.3) is 0 Å². The van der Waals surface area contributed by atoms with Crippen molar-refractivity contribution in [3.63, 3.8) is 0 Å². The Balaban J connectivity index is 2.74. The summed E-state index contributed by atoms with van der Waals surface area (Å²) in [5, 5.41) is 0.699. The van der Waals surface area contributed by atoms with Gasteiger partial charge in [-0.2, -0.15) is 0 Å². The van der Waals surface area contributed by atoms with Gasteiger partial charge in [0, 0.05) is 23.9 Å². The molecule has 0 atom stereocenters. The normalized spacial score (nSPS) is 9.56. The minimum atomic E-state index is 0.656. The number of hydrogen-bond donors (Lipinski definition) is 0. The number of benzene rings is 1. The van der Waals surface area contributed by atoms with Crippen molar-refractivity contribution in [3.05, 3.63) is 22.7 Å². The Morgan fingerprint density at radius 1 is 1.06 bits per heavy atom. The molecular formula is C15H19ClO2. The fourth-order valence-electron chi connectivity index (χ4n) is 1.59. The van der Waals surface area contributed by atoms with Gasteiger partial charge < -0.3 is 9.47 Å². The molecule has 0 saturated carbocycles. The molecule has 2 nitrogen and oxygen atoms in total. The highest BCUT2D eigenvalue weighted by molar-refractivity contribution is 6.31. The van der Waals surface area contributed by atoms with Gasteiger partial charge in [-0.25, -0.2) is 0 Å². The highest BCUT2D eigenvalue weighted by Crippen LogP contribution is 2.33. The van der Waals surface area contributed by atoms with Crippen molar-refractivity contribution < 1.29 is 9.47 Å². The van der Waals surface area contributed by atoms with Gasteiger partial charge in [-0.1, -0.05) is 18.5 Å². The van der Waals surface area contributed by atoms with Gasteiger partial charge in [-0.15, -0.1) is 11.8 Å². The lowest BCUT2D eigenvalue weighted by Crippen LogP contribution is -1.94. The van der Waals surface area contributed by atoms with E-state index in [1.807, 2.05) is 6.07 Å². The summed E-state index contributed by atoms with van der Waals surface area (Å²) in [6.45, 7) is 2.12. The number of halogens is 1. The third kappa shape index (κ3) is 4.16. The van der Waals surface area contributed by atoms with E-state index < -0.39 is 0 Å². The van der Waals surface area contributed by atoms with E-state index in [-0.39, 0.29) is 0 Å². The van der Waals surface area contributed by atoms with Gasteiger partial charge in [0.2, 0.25) is 0 Å². The van der Waals surface area contributed by atoms with Gasteiger partial charge in [0.25, 0.3) is 0 Å². The van der Waals surface area contributed by atoms with E-state index in [4.69, 9.17) is 21.1 Å². The third-order valence-electron chi connectivity index (χ3n) is 2.57. The molecule has 0 N–H and O–H groups in total. The van der Waals surface area contributed by atoms with Crippen LogP contribution in [0.2, 0.25) is 5.02 Å². The first kappa shape index (κ1) is 14.7. The number of aryl methyl sites for hydroxylation is 1. The molecule has 3 heteroatoms. The second kappa shape index (κ2) is 7.89. The van der Waals surface area contributed by atoms with Gasteiger partial charge in [-0.3, -0.25) is 0 Å². The van der Waals surface area contributed by atoms with Crippen LogP contribution in [-0.2, 0) is 6.42 Å². The molecule has 0 aliphatic carbocycles. The lowest BCUT2D eigenvalue weighted by Gasteiger charge is -2.10. The van der Waals surface area contributed by atoms with Crippen molar-refractivity contribution in [1.82, 2.24) is 0 Å². The predicted octanol–water partition coefficient (Wildman–Crippen LogP) is 4.09. The van der Waals surface area contributed by atoms with E-state index >= 15 is 0 Å². The monoisotopic (exact) mass is 266 g/mol. The molecule has 1 aromatic rings. The molecule has 0 aromatic heterocycles. The summed E-state index contributed by atoms with van der Waals surface area (Å²) in [5.41, 5.74) is 1.04. The minimum absolute atomic E-state index is 0.656. The molecule has 0 spiro atoms. The van der Waals surface area contributed by atoms with E-state index in [0.29, 0.717) is 16.5 Å². The SMILES string of the molecule is CCCC#CCCc1cc(OC)c(OC)cc1Cl. The van der Waals surface area contributed by atoms with Crippen molar-refractivity contribution in [1.29, 1.82) is 0 Å². The van der Waals surface area contributed by atoms with Crippen LogP contribution < -0.4 is 9.47 Å². The molecule has 0 amide bonds. The average molecular weight is 267 g/mol. The summed E-state index contributed by atoms with van der Waals surface area (Å²) < 4.78 is 10.4. The first-order valence-corrected chi connectivity index (χ1v) is 6.46. The van der Waals surface area contributed by atoms with Crippen molar-refractivity contribution in [3.8, 4) is 23.3 Å². The maximum Gasteiger partial charge on any atom is 0.162 e. The molecule has 0 fully saturated rings. The summed E-state index contributed by atoms with van der Waals surface area (Å²) in [7, 11) is 3.22. The summed E-state index contributed by atoms with van der Waals surface area (Å²) in [6.07, 6.45) is 3.70. The maximum atomic E-state index is 6.19. The molecule has 1 rings (SSSR count). The Labute approximate surface area is 114 Å². The highest BCUT2D eigenvalue weighted by Gasteiger charge is 2.09. The summed E-state index contributed by atoms with van der Waals surface area (Å²) >= 11 is 6.19. The maximum absolute atomic E-state index is 6.19. The summed E-state index contributed by atoms with van der Waals surface area (Å²) in [5.74, 6) is 7.64. The van der Waals surface area contributed by atoms with Crippen LogP contribution in [0.5, 0.6) is 11.5 Å². The topological polar surface area (TPSA) is 18.5 Å². The van der Waals surface area contributed by atoms with Crippen LogP contribution in [-0.4, -0.2) is 14.2 Å². The van der Waals surface area contributed by atoms with Gasteiger partial charge >= 0.3 is 0 Å². The van der Waals surface area contributed by atoms with Gasteiger partial charge in [-0.05, 0) is 24.5 Å². The smallest absolute Gasteiger partial charge is 0.162 e. The van der Waals surface area contributed by atoms with E-state index in [2.05, 4.69) is 18.8 Å². The minimum Gasteiger partial charge on any atom is -0.493 e. The molecule has 0 saturated heterocycles. The predicted molar refractivity (Wildman–Crippen MR) is 75.6 cm³/mol. The fraction of sp³-hybridized carbons (Fsp3) is 0.467.